The van der Waals surface area contributed by atoms with Crippen molar-refractivity contribution < 1.29 is 18.8 Å². The van der Waals surface area contributed by atoms with Crippen LogP contribution in [0.25, 0.3) is 10.9 Å². The number of hydrogen-bond donors (Lipinski definition) is 3. The highest BCUT2D eigenvalue weighted by Crippen LogP contribution is 2.44. The van der Waals surface area contributed by atoms with Crippen LogP contribution in [0.4, 0.5) is 8.78 Å². The van der Waals surface area contributed by atoms with Gasteiger partial charge in [-0.1, -0.05) is 12.5 Å². The highest BCUT2D eigenvalue weighted by molar-refractivity contribution is 5.96. The lowest BCUT2D eigenvalue weighted by Gasteiger charge is -2.22. The molecule has 2 saturated carbocycles. The van der Waals surface area contributed by atoms with Crippen molar-refractivity contribution in [3.05, 3.63) is 65.1 Å². The molecule has 5 rings (SSSR count). The molecule has 2 bridgehead atoms. The third-order valence-electron chi connectivity index (χ3n) is 6.83. The van der Waals surface area contributed by atoms with Gasteiger partial charge in [0.05, 0.1) is 18.3 Å². The van der Waals surface area contributed by atoms with Gasteiger partial charge >= 0.3 is 0 Å². The number of nitrogens with one attached hydrogen (secondary N) is 2. The predicted molar refractivity (Wildman–Crippen MR) is 111 cm³/mol. The Kier molecular flexibility index (Phi) is 5.19. The van der Waals surface area contributed by atoms with E-state index in [4.69, 9.17) is 5.21 Å². The maximum absolute atomic E-state index is 14.2. The second-order valence-corrected chi connectivity index (χ2v) is 8.71. The molecule has 0 unspecified atom stereocenters. The Bertz CT molecular complexity index is 1150. The van der Waals surface area contributed by atoms with E-state index in [1.807, 2.05) is 10.8 Å². The van der Waals surface area contributed by atoms with Crippen molar-refractivity contribution >= 4 is 16.8 Å². The monoisotopic (exact) mass is 426 g/mol. The van der Waals surface area contributed by atoms with Gasteiger partial charge in [0.2, 0.25) is 0 Å². The Morgan fingerprint density at radius 3 is 2.77 bits per heavy atom. The average Bonchev–Trinajstić information content (AvgIpc) is 3.48. The summed E-state index contributed by atoms with van der Waals surface area (Å²) in [5.41, 5.74) is 3.78. The van der Waals surface area contributed by atoms with E-state index in [1.165, 1.54) is 37.8 Å². The maximum Gasteiger partial charge on any atom is 0.293 e. The number of rotatable bonds is 6. The summed E-state index contributed by atoms with van der Waals surface area (Å²) in [6, 6.07) is 5.68. The lowest BCUT2D eigenvalue weighted by atomic mass is 9.95. The van der Waals surface area contributed by atoms with E-state index >= 15 is 0 Å². The summed E-state index contributed by atoms with van der Waals surface area (Å²) in [7, 11) is 0. The molecule has 0 radical (unpaired) electrons. The molecule has 0 aliphatic heterocycles. The summed E-state index contributed by atoms with van der Waals surface area (Å²) in [4.78, 5) is 16.0. The van der Waals surface area contributed by atoms with Gasteiger partial charge in [-0.05, 0) is 48.8 Å². The van der Waals surface area contributed by atoms with Crippen LogP contribution >= 0.6 is 0 Å². The largest absolute Gasteiger partial charge is 0.341 e. The molecule has 2 heterocycles. The van der Waals surface area contributed by atoms with Crippen LogP contribution in [0.5, 0.6) is 0 Å². The smallest absolute Gasteiger partial charge is 0.293 e. The van der Waals surface area contributed by atoms with Crippen molar-refractivity contribution in [3.63, 3.8) is 0 Å². The molecule has 31 heavy (non-hydrogen) atoms. The minimum atomic E-state index is -0.689. The third kappa shape index (κ3) is 3.81. The van der Waals surface area contributed by atoms with Crippen LogP contribution in [-0.4, -0.2) is 26.7 Å². The lowest BCUT2D eigenvalue weighted by Crippen LogP contribution is -2.33. The summed E-state index contributed by atoms with van der Waals surface area (Å²) < 4.78 is 29.4. The molecule has 3 atom stereocenters. The highest BCUT2D eigenvalue weighted by atomic mass is 19.1. The first kappa shape index (κ1) is 20.1. The zero-order valence-corrected chi connectivity index (χ0v) is 16.9. The normalized spacial score (nSPS) is 22.4. The van der Waals surface area contributed by atoms with E-state index in [1.54, 1.807) is 17.7 Å². The van der Waals surface area contributed by atoms with Gasteiger partial charge in [0, 0.05) is 35.8 Å². The van der Waals surface area contributed by atoms with Crippen molar-refractivity contribution in [2.24, 2.45) is 11.8 Å². The van der Waals surface area contributed by atoms with E-state index in [0.29, 0.717) is 18.2 Å². The fourth-order valence-corrected chi connectivity index (χ4v) is 5.28. The molecule has 2 aliphatic rings. The molecular formula is C23H24F2N4O2. The molecule has 3 aromatic rings. The number of pyridine rings is 1. The summed E-state index contributed by atoms with van der Waals surface area (Å²) in [5, 5.41) is 13.4. The van der Waals surface area contributed by atoms with E-state index in [2.05, 4.69) is 10.3 Å². The van der Waals surface area contributed by atoms with Gasteiger partial charge in [-0.25, -0.2) is 19.2 Å². The molecule has 1 aromatic carbocycles. The second-order valence-electron chi connectivity index (χ2n) is 8.71. The van der Waals surface area contributed by atoms with E-state index in [-0.39, 0.29) is 12.2 Å². The van der Waals surface area contributed by atoms with Crippen LogP contribution in [-0.2, 0) is 13.1 Å². The summed E-state index contributed by atoms with van der Waals surface area (Å²) in [5.74, 6) is -0.354. The quantitative estimate of drug-likeness (QED) is 0.414. The molecular weight excluding hydrogens is 402 g/mol. The number of halogens is 2. The van der Waals surface area contributed by atoms with Crippen LogP contribution in [0, 0.1) is 23.5 Å². The number of hydrogen-bond acceptors (Lipinski definition) is 4. The van der Waals surface area contributed by atoms with E-state index in [9.17, 15) is 13.6 Å². The first-order valence-corrected chi connectivity index (χ1v) is 10.6. The summed E-state index contributed by atoms with van der Waals surface area (Å²) in [6.45, 7) is 0.831. The minimum absolute atomic E-state index is 0.0990. The van der Waals surface area contributed by atoms with Gasteiger partial charge < -0.3 is 9.88 Å². The Balaban J connectivity index is 1.47. The molecule has 1 amide bonds. The molecule has 3 N–H and O–H groups in total. The fourth-order valence-electron chi connectivity index (χ4n) is 5.28. The molecule has 2 aliphatic carbocycles. The first-order valence-electron chi connectivity index (χ1n) is 10.6. The van der Waals surface area contributed by atoms with Crippen molar-refractivity contribution in [1.29, 1.82) is 0 Å². The van der Waals surface area contributed by atoms with Gasteiger partial charge in [0.15, 0.2) is 0 Å². The van der Waals surface area contributed by atoms with Crippen molar-refractivity contribution in [2.75, 3.05) is 0 Å². The predicted octanol–water partition coefficient (Wildman–Crippen LogP) is 3.76. The summed E-state index contributed by atoms with van der Waals surface area (Å²) >= 11 is 0. The Morgan fingerprint density at radius 1 is 1.19 bits per heavy atom. The molecule has 2 fully saturated rings. The number of aromatic nitrogens is 2. The SMILES string of the molecule is O=C(NO)c1cc2c(CN[C@@H]3C[C@H]4CC[C@@H]3C4)cn(Cc3ccc(F)cc3F)c2cn1. The average molecular weight is 426 g/mol. The van der Waals surface area contributed by atoms with Crippen molar-refractivity contribution in [1.82, 2.24) is 20.3 Å². The maximum atomic E-state index is 14.2. The number of carbonyl (C=O) groups excluding carboxylic acids is 1. The summed E-state index contributed by atoms with van der Waals surface area (Å²) in [6.07, 6.45) is 8.57. The van der Waals surface area contributed by atoms with Gasteiger partial charge in [0.25, 0.3) is 5.91 Å². The van der Waals surface area contributed by atoms with Gasteiger partial charge in [-0.3, -0.25) is 10.0 Å². The fraction of sp³-hybridized carbons (Fsp3) is 0.391. The standard InChI is InChI=1S/C23H24F2N4O2/c24-17-4-3-15(19(25)7-17)11-29-12-16(9-26-20-6-13-1-2-14(20)5-13)18-8-21(23(30)28-31)27-10-22(18)29/h3-4,7-8,10,12-14,20,26,31H,1-2,5-6,9,11H2,(H,28,30)/t13-,14+,20+/m0/s1. The van der Waals surface area contributed by atoms with Crippen LogP contribution in [0.3, 0.4) is 0 Å². The lowest BCUT2D eigenvalue weighted by molar-refractivity contribution is 0.0701. The third-order valence-corrected chi connectivity index (χ3v) is 6.83. The minimum Gasteiger partial charge on any atom is -0.341 e. The number of benzene rings is 1. The van der Waals surface area contributed by atoms with Crippen LogP contribution in [0.2, 0.25) is 0 Å². The van der Waals surface area contributed by atoms with Crippen molar-refractivity contribution in [2.45, 2.75) is 44.8 Å². The number of nitrogens with zero attached hydrogens (tertiary/aromatic N) is 2. The van der Waals surface area contributed by atoms with Crippen LogP contribution in [0.1, 0.15) is 47.3 Å². The topological polar surface area (TPSA) is 79.2 Å². The van der Waals surface area contributed by atoms with Gasteiger partial charge in [0.1, 0.15) is 17.3 Å². The van der Waals surface area contributed by atoms with Gasteiger partial charge in [-0.2, -0.15) is 0 Å². The number of hydroxylamine groups is 1. The number of fused-ring (bicyclic) bond motifs is 3. The molecule has 162 valence electrons. The van der Waals surface area contributed by atoms with E-state index in [0.717, 1.165) is 34.4 Å². The zero-order chi connectivity index (χ0) is 21.5. The molecule has 6 nitrogen and oxygen atoms in total. The van der Waals surface area contributed by atoms with Gasteiger partial charge in [-0.15, -0.1) is 0 Å². The first-order chi connectivity index (χ1) is 15.0. The molecule has 2 aromatic heterocycles. The molecule has 0 spiro atoms. The van der Waals surface area contributed by atoms with E-state index < -0.39 is 17.5 Å². The second kappa shape index (κ2) is 8.01. The zero-order valence-electron chi connectivity index (χ0n) is 16.9. The Morgan fingerprint density at radius 2 is 2.06 bits per heavy atom. The molecule has 8 heteroatoms. The molecule has 0 saturated heterocycles. The highest BCUT2D eigenvalue weighted by Gasteiger charge is 2.39. The Labute approximate surface area is 178 Å². The number of carbonyl (C=O) groups is 1. The Hall–Kier alpha value is -2.84. The van der Waals surface area contributed by atoms with Crippen molar-refractivity contribution in [3.8, 4) is 0 Å². The van der Waals surface area contributed by atoms with Crippen LogP contribution < -0.4 is 10.8 Å². The van der Waals surface area contributed by atoms with Crippen LogP contribution in [0.15, 0.2) is 36.7 Å². The number of amides is 1.